The van der Waals surface area contributed by atoms with E-state index >= 15 is 0 Å². The minimum absolute atomic E-state index is 0.0318. The highest BCUT2D eigenvalue weighted by Gasteiger charge is 2.27. The molecule has 0 unspecified atom stereocenters. The molecule has 0 aliphatic rings. The summed E-state index contributed by atoms with van der Waals surface area (Å²) in [7, 11) is -0.693. The average molecular weight is 247 g/mol. The Kier molecular flexibility index (Phi) is 3.47. The van der Waals surface area contributed by atoms with Crippen LogP contribution in [0.4, 0.5) is 0 Å². The molecule has 0 heterocycles. The molecule has 16 heavy (non-hydrogen) atoms. The molecule has 0 saturated heterocycles. The van der Waals surface area contributed by atoms with E-state index in [4.69, 9.17) is 11.1 Å². The molecule has 2 rings (SSSR count). The lowest BCUT2D eigenvalue weighted by molar-refractivity contribution is 0.816. The Morgan fingerprint density at radius 3 is 1.50 bits per heavy atom. The summed E-state index contributed by atoms with van der Waals surface area (Å²) in [5.41, 5.74) is 2.64. The number of hydrogen-bond acceptors (Lipinski definition) is 0. The molecule has 0 spiro atoms. The third-order valence-corrected chi connectivity index (χ3v) is 6.04. The monoisotopic (exact) mass is 246 g/mol. The Bertz CT molecular complexity index is 399. The number of hydrogen-bond donors (Lipinski definition) is 0. The number of benzene rings is 2. The van der Waals surface area contributed by atoms with Crippen molar-refractivity contribution in [1.82, 2.24) is 0 Å². The second-order valence-corrected chi connectivity index (χ2v) is 6.68. The summed E-state index contributed by atoms with van der Waals surface area (Å²) in [5, 5.41) is 0.0318. The summed E-state index contributed by atoms with van der Waals surface area (Å²) in [6, 6.07) is 21.1. The standard InChI is InChI=1S/C14H15ClSi/c1-14(16-15,12-8-4-2-5-9-12)13-10-6-3-7-11-13/h2-11H,16H2,1H3. The largest absolute Gasteiger partial charge is 0.175 e. The molecule has 0 fully saturated rings. The van der Waals surface area contributed by atoms with E-state index in [-0.39, 0.29) is 5.04 Å². The van der Waals surface area contributed by atoms with E-state index < -0.39 is 8.83 Å². The van der Waals surface area contributed by atoms with E-state index in [2.05, 4.69) is 55.5 Å². The van der Waals surface area contributed by atoms with Crippen molar-refractivity contribution in [1.29, 1.82) is 0 Å². The molecule has 0 nitrogen and oxygen atoms in total. The zero-order valence-electron chi connectivity index (χ0n) is 9.36. The van der Waals surface area contributed by atoms with Crippen molar-refractivity contribution in [2.45, 2.75) is 12.0 Å². The molecule has 2 heteroatoms. The second-order valence-electron chi connectivity index (χ2n) is 4.20. The fourth-order valence-electron chi connectivity index (χ4n) is 1.93. The summed E-state index contributed by atoms with van der Waals surface area (Å²) in [4.78, 5) is 0. The predicted octanol–water partition coefficient (Wildman–Crippen LogP) is 3.27. The normalized spacial score (nSPS) is 12.1. The highest BCUT2D eigenvalue weighted by atomic mass is 35.6. The molecule has 0 aromatic heterocycles. The lowest BCUT2D eigenvalue weighted by atomic mass is 9.92. The van der Waals surface area contributed by atoms with E-state index in [1.807, 2.05) is 12.1 Å². The first kappa shape index (κ1) is 11.4. The lowest BCUT2D eigenvalue weighted by Gasteiger charge is -2.28. The Balaban J connectivity index is 2.49. The average Bonchev–Trinajstić information content (AvgIpc) is 2.40. The maximum atomic E-state index is 6.32. The van der Waals surface area contributed by atoms with Gasteiger partial charge >= 0.3 is 0 Å². The van der Waals surface area contributed by atoms with Gasteiger partial charge in [0.05, 0.1) is 0 Å². The molecule has 0 amide bonds. The first-order chi connectivity index (χ1) is 7.77. The summed E-state index contributed by atoms with van der Waals surface area (Å²) < 4.78 is 0. The Labute approximate surface area is 104 Å². The van der Waals surface area contributed by atoms with Gasteiger partial charge in [0.2, 0.25) is 0 Å². The van der Waals surface area contributed by atoms with Gasteiger partial charge in [-0.2, -0.15) is 11.1 Å². The van der Waals surface area contributed by atoms with Gasteiger partial charge in [0, 0.05) is 5.04 Å². The number of halogens is 1. The molecule has 82 valence electrons. The minimum Gasteiger partial charge on any atom is -0.175 e. The van der Waals surface area contributed by atoms with Gasteiger partial charge in [-0.1, -0.05) is 67.6 Å². The minimum atomic E-state index is -0.693. The van der Waals surface area contributed by atoms with E-state index in [1.54, 1.807) is 0 Å². The van der Waals surface area contributed by atoms with Crippen LogP contribution in [-0.4, -0.2) is 8.83 Å². The van der Waals surface area contributed by atoms with Crippen LogP contribution in [0.15, 0.2) is 60.7 Å². The summed E-state index contributed by atoms with van der Waals surface area (Å²) in [6.07, 6.45) is 0. The van der Waals surface area contributed by atoms with Gasteiger partial charge in [-0.15, -0.1) is 0 Å². The topological polar surface area (TPSA) is 0 Å². The second kappa shape index (κ2) is 4.85. The Morgan fingerprint density at radius 1 is 0.812 bits per heavy atom. The number of rotatable bonds is 3. The van der Waals surface area contributed by atoms with Gasteiger partial charge in [0.15, 0.2) is 0 Å². The van der Waals surface area contributed by atoms with Gasteiger partial charge in [-0.3, -0.25) is 0 Å². The molecule has 0 bridgehead atoms. The van der Waals surface area contributed by atoms with E-state index in [0.29, 0.717) is 0 Å². The van der Waals surface area contributed by atoms with Crippen LogP contribution in [-0.2, 0) is 5.04 Å². The van der Waals surface area contributed by atoms with Crippen molar-refractivity contribution >= 4 is 19.9 Å². The van der Waals surface area contributed by atoms with Crippen LogP contribution >= 0.6 is 11.1 Å². The maximum absolute atomic E-state index is 6.32. The predicted molar refractivity (Wildman–Crippen MR) is 73.7 cm³/mol. The molecule has 0 saturated carbocycles. The van der Waals surface area contributed by atoms with Crippen molar-refractivity contribution in [2.24, 2.45) is 0 Å². The van der Waals surface area contributed by atoms with Crippen molar-refractivity contribution in [3.05, 3.63) is 71.8 Å². The first-order valence-corrected chi connectivity index (χ1v) is 8.29. The Morgan fingerprint density at radius 2 is 1.19 bits per heavy atom. The quantitative estimate of drug-likeness (QED) is 0.576. The fourth-order valence-corrected chi connectivity index (χ4v) is 3.64. The van der Waals surface area contributed by atoms with Crippen LogP contribution < -0.4 is 0 Å². The zero-order valence-corrected chi connectivity index (χ0v) is 11.5. The molecule has 0 radical (unpaired) electrons. The highest BCUT2D eigenvalue weighted by molar-refractivity contribution is 6.95. The Hall–Kier alpha value is -1.05. The van der Waals surface area contributed by atoms with E-state index in [0.717, 1.165) is 0 Å². The summed E-state index contributed by atoms with van der Waals surface area (Å²) >= 11 is 6.32. The molecular weight excluding hydrogens is 232 g/mol. The van der Waals surface area contributed by atoms with Crippen molar-refractivity contribution in [3.63, 3.8) is 0 Å². The molecular formula is C14H15ClSi. The van der Waals surface area contributed by atoms with Crippen LogP contribution in [0.5, 0.6) is 0 Å². The summed E-state index contributed by atoms with van der Waals surface area (Å²) in [6.45, 7) is 2.25. The molecule has 2 aromatic carbocycles. The lowest BCUT2D eigenvalue weighted by Crippen LogP contribution is -2.28. The molecule has 0 atom stereocenters. The van der Waals surface area contributed by atoms with Crippen LogP contribution in [0.25, 0.3) is 0 Å². The van der Waals surface area contributed by atoms with Crippen molar-refractivity contribution < 1.29 is 0 Å². The van der Waals surface area contributed by atoms with Crippen molar-refractivity contribution in [3.8, 4) is 0 Å². The van der Waals surface area contributed by atoms with Crippen LogP contribution in [0.1, 0.15) is 18.1 Å². The van der Waals surface area contributed by atoms with Gasteiger partial charge in [-0.25, -0.2) is 0 Å². The van der Waals surface area contributed by atoms with Crippen LogP contribution in [0.2, 0.25) is 0 Å². The van der Waals surface area contributed by atoms with E-state index in [9.17, 15) is 0 Å². The smallest absolute Gasteiger partial charge is 0.139 e. The van der Waals surface area contributed by atoms with E-state index in [1.165, 1.54) is 11.1 Å². The summed E-state index contributed by atoms with van der Waals surface area (Å²) in [5.74, 6) is 0. The van der Waals surface area contributed by atoms with Gasteiger partial charge in [0.25, 0.3) is 0 Å². The van der Waals surface area contributed by atoms with Gasteiger partial charge in [0.1, 0.15) is 8.83 Å². The molecule has 0 N–H and O–H groups in total. The first-order valence-electron chi connectivity index (χ1n) is 5.44. The SMILES string of the molecule is CC([SiH2]Cl)(c1ccccc1)c1ccccc1. The fraction of sp³-hybridized carbons (Fsp3) is 0.143. The third-order valence-electron chi connectivity index (χ3n) is 3.09. The van der Waals surface area contributed by atoms with Gasteiger partial charge in [-0.05, 0) is 11.1 Å². The van der Waals surface area contributed by atoms with Gasteiger partial charge < -0.3 is 0 Å². The maximum Gasteiger partial charge on any atom is 0.139 e. The van der Waals surface area contributed by atoms with Crippen molar-refractivity contribution in [2.75, 3.05) is 0 Å². The molecule has 0 aliphatic carbocycles. The molecule has 2 aromatic rings. The third kappa shape index (κ3) is 2.06. The zero-order chi connectivity index (χ0) is 11.4. The van der Waals surface area contributed by atoms with Crippen LogP contribution in [0, 0.1) is 0 Å². The molecule has 0 aliphatic heterocycles. The highest BCUT2D eigenvalue weighted by Crippen LogP contribution is 2.31. The van der Waals surface area contributed by atoms with Crippen LogP contribution in [0.3, 0.4) is 0 Å².